The van der Waals surface area contributed by atoms with Gasteiger partial charge < -0.3 is 0 Å². The molecule has 4 aromatic carbocycles. The molecule has 0 N–H and O–H groups in total. The number of benzene rings is 4. The van der Waals surface area contributed by atoms with Gasteiger partial charge in [-0.15, -0.1) is 0 Å². The summed E-state index contributed by atoms with van der Waals surface area (Å²) >= 11 is 0. The zero-order chi connectivity index (χ0) is 21.8. The second kappa shape index (κ2) is 8.88. The molecule has 0 atom stereocenters. The molecule has 0 aliphatic carbocycles. The molecule has 0 saturated carbocycles. The molecule has 0 bridgehead atoms. The van der Waals surface area contributed by atoms with Gasteiger partial charge in [-0.2, -0.15) is 0 Å². The van der Waals surface area contributed by atoms with E-state index in [2.05, 4.69) is 19.1 Å². The van der Waals surface area contributed by atoms with Crippen LogP contribution in [0.4, 0.5) is 0 Å². The molecular weight excluding hydrogens is 399 g/mol. The predicted octanol–water partition coefficient (Wildman–Crippen LogP) is 6.15. The van der Waals surface area contributed by atoms with Gasteiger partial charge in [-0.25, -0.2) is 0 Å². The predicted molar refractivity (Wildman–Crippen MR) is 133 cm³/mol. The first-order chi connectivity index (χ1) is 15.0. The minimum atomic E-state index is -3.35. The van der Waals surface area contributed by atoms with Crippen molar-refractivity contribution in [3.63, 3.8) is 0 Å². The Morgan fingerprint density at radius 1 is 0.645 bits per heavy atom. The molecule has 0 amide bonds. The number of hydrogen-bond acceptors (Lipinski definition) is 2. The molecule has 0 spiro atoms. The van der Waals surface area contributed by atoms with Gasteiger partial charge in [0.2, 0.25) is 0 Å². The molecular formula is C28H27O2P. The van der Waals surface area contributed by atoms with Gasteiger partial charge in [0.25, 0.3) is 0 Å². The number of para-hydroxylation sites is 1. The molecule has 0 aliphatic rings. The minimum absolute atomic E-state index is 0.0729. The summed E-state index contributed by atoms with van der Waals surface area (Å²) in [5.74, 6) is 0.706. The SMILES string of the molecule is Cc1cc(C)c(C(=O)[PH](Oc2ccccc2)(c2ccccc2)c2ccccc2)c(C)c1. The Morgan fingerprint density at radius 2 is 1.06 bits per heavy atom. The summed E-state index contributed by atoms with van der Waals surface area (Å²) in [7, 11) is -3.35. The first-order valence-corrected chi connectivity index (χ1v) is 12.4. The summed E-state index contributed by atoms with van der Waals surface area (Å²) < 4.78 is 6.82. The molecule has 0 saturated heterocycles. The molecule has 0 unspecified atom stereocenters. The van der Waals surface area contributed by atoms with Gasteiger partial charge in [-0.1, -0.05) is 0 Å². The van der Waals surface area contributed by atoms with Crippen molar-refractivity contribution in [1.82, 2.24) is 0 Å². The van der Waals surface area contributed by atoms with Crippen molar-refractivity contribution < 1.29 is 9.32 Å². The average molecular weight is 426 g/mol. The molecule has 0 aliphatic heterocycles. The number of carbonyl (C=O) groups excluding carboxylic acids is 1. The molecule has 2 nitrogen and oxygen atoms in total. The molecule has 0 aromatic heterocycles. The van der Waals surface area contributed by atoms with E-state index in [0.29, 0.717) is 5.75 Å². The van der Waals surface area contributed by atoms with E-state index in [4.69, 9.17) is 4.52 Å². The first kappa shape index (κ1) is 21.0. The summed E-state index contributed by atoms with van der Waals surface area (Å²) in [6.45, 7) is 6.10. The Balaban J connectivity index is 2.03. The van der Waals surface area contributed by atoms with Crippen molar-refractivity contribution in [1.29, 1.82) is 0 Å². The summed E-state index contributed by atoms with van der Waals surface area (Å²) in [6, 6.07) is 33.8. The summed E-state index contributed by atoms with van der Waals surface area (Å²) in [5, 5.41) is 1.88. The number of carbonyl (C=O) groups is 1. The third kappa shape index (κ3) is 4.04. The molecule has 31 heavy (non-hydrogen) atoms. The van der Waals surface area contributed by atoms with E-state index in [0.717, 1.165) is 32.9 Å². The van der Waals surface area contributed by atoms with Crippen LogP contribution in [0.5, 0.6) is 5.75 Å². The Hall–Kier alpha value is -3.22. The van der Waals surface area contributed by atoms with Crippen molar-refractivity contribution in [2.75, 3.05) is 0 Å². The third-order valence-electron chi connectivity index (χ3n) is 5.60. The van der Waals surface area contributed by atoms with E-state index >= 15 is 0 Å². The Bertz CT molecular complexity index is 1120. The fourth-order valence-corrected chi connectivity index (χ4v) is 8.06. The summed E-state index contributed by atoms with van der Waals surface area (Å²) in [6.07, 6.45) is 0. The van der Waals surface area contributed by atoms with Crippen molar-refractivity contribution in [2.24, 2.45) is 0 Å². The van der Waals surface area contributed by atoms with Gasteiger partial charge in [0, 0.05) is 0 Å². The number of rotatable bonds is 6. The van der Waals surface area contributed by atoms with Crippen LogP contribution in [-0.2, 0) is 0 Å². The standard InChI is InChI=1S/C28H27O2P/c1-21-19-22(2)27(23(3)20-21)28(29)31(25-15-9-5-10-16-25,26-17-11-6-12-18-26)30-24-13-7-4-8-14-24/h4-20,31H,1-3H3. The van der Waals surface area contributed by atoms with Crippen LogP contribution in [0, 0.1) is 20.8 Å². The van der Waals surface area contributed by atoms with E-state index in [1.807, 2.05) is 105 Å². The third-order valence-corrected chi connectivity index (χ3v) is 9.32. The van der Waals surface area contributed by atoms with Gasteiger partial charge in [0.1, 0.15) is 0 Å². The topological polar surface area (TPSA) is 26.3 Å². The van der Waals surface area contributed by atoms with E-state index < -0.39 is 7.49 Å². The molecule has 4 aromatic rings. The second-order valence-electron chi connectivity index (χ2n) is 7.93. The van der Waals surface area contributed by atoms with Crippen LogP contribution >= 0.6 is 7.49 Å². The molecule has 4 rings (SSSR count). The van der Waals surface area contributed by atoms with Crippen LogP contribution in [-0.4, -0.2) is 5.52 Å². The maximum atomic E-state index is 14.6. The van der Waals surface area contributed by atoms with E-state index in [1.165, 1.54) is 0 Å². The van der Waals surface area contributed by atoms with Crippen molar-refractivity contribution in [2.45, 2.75) is 20.8 Å². The van der Waals surface area contributed by atoms with E-state index in [1.54, 1.807) is 0 Å². The van der Waals surface area contributed by atoms with Crippen molar-refractivity contribution in [3.8, 4) is 5.75 Å². The summed E-state index contributed by atoms with van der Waals surface area (Å²) in [4.78, 5) is 14.6. The Morgan fingerprint density at radius 3 is 1.52 bits per heavy atom. The van der Waals surface area contributed by atoms with Crippen LogP contribution in [0.25, 0.3) is 0 Å². The zero-order valence-corrected chi connectivity index (χ0v) is 19.1. The number of hydrogen-bond donors (Lipinski definition) is 0. The van der Waals surface area contributed by atoms with Crippen molar-refractivity contribution in [3.05, 3.63) is 125 Å². The van der Waals surface area contributed by atoms with Gasteiger partial charge in [-0.3, -0.25) is 0 Å². The summed E-state index contributed by atoms with van der Waals surface area (Å²) in [5.41, 5.74) is 3.97. The zero-order valence-electron chi connectivity index (χ0n) is 18.1. The number of aryl methyl sites for hydroxylation is 3. The molecule has 0 fully saturated rings. The fourth-order valence-electron chi connectivity index (χ4n) is 4.32. The molecule has 0 heterocycles. The quantitative estimate of drug-likeness (QED) is 0.346. The Labute approximate surface area is 185 Å². The monoisotopic (exact) mass is 426 g/mol. The van der Waals surface area contributed by atoms with Gasteiger partial charge in [0.15, 0.2) is 0 Å². The molecule has 0 radical (unpaired) electrons. The fraction of sp³-hybridized carbons (Fsp3) is 0.107. The molecule has 156 valence electrons. The van der Waals surface area contributed by atoms with E-state index in [-0.39, 0.29) is 5.52 Å². The average Bonchev–Trinajstić information content (AvgIpc) is 2.78. The van der Waals surface area contributed by atoms with Crippen LogP contribution in [0.3, 0.4) is 0 Å². The van der Waals surface area contributed by atoms with Crippen molar-refractivity contribution >= 4 is 23.6 Å². The first-order valence-electron chi connectivity index (χ1n) is 10.5. The maximum absolute atomic E-state index is 14.6. The molecule has 3 heteroatoms. The van der Waals surface area contributed by atoms with E-state index in [9.17, 15) is 4.79 Å². The second-order valence-corrected chi connectivity index (χ2v) is 11.1. The van der Waals surface area contributed by atoms with Gasteiger partial charge >= 0.3 is 185 Å². The van der Waals surface area contributed by atoms with Crippen LogP contribution in [0.15, 0.2) is 103 Å². The normalized spacial score (nSPS) is 11.7. The van der Waals surface area contributed by atoms with Crippen LogP contribution in [0.1, 0.15) is 27.0 Å². The van der Waals surface area contributed by atoms with Crippen LogP contribution in [0.2, 0.25) is 0 Å². The van der Waals surface area contributed by atoms with Gasteiger partial charge in [-0.05, 0) is 0 Å². The Kier molecular flexibility index (Phi) is 6.02. The van der Waals surface area contributed by atoms with Gasteiger partial charge in [0.05, 0.1) is 0 Å². The van der Waals surface area contributed by atoms with Crippen LogP contribution < -0.4 is 15.1 Å².